The minimum atomic E-state index is 0.423. The van der Waals surface area contributed by atoms with Gasteiger partial charge in [-0.05, 0) is 50.5 Å². The molecule has 1 fully saturated rings. The van der Waals surface area contributed by atoms with E-state index in [1.807, 2.05) is 26.0 Å². The first-order chi connectivity index (χ1) is 10.1. The van der Waals surface area contributed by atoms with E-state index in [-0.39, 0.29) is 0 Å². The van der Waals surface area contributed by atoms with Crippen LogP contribution in [0.2, 0.25) is 5.02 Å². The first-order valence-corrected chi connectivity index (χ1v) is 7.25. The number of hydrogen-bond donors (Lipinski definition) is 2. The van der Waals surface area contributed by atoms with Gasteiger partial charge in [0.25, 0.3) is 0 Å². The second-order valence-corrected chi connectivity index (χ2v) is 5.73. The maximum atomic E-state index is 5.97. The Hall–Kier alpha value is -1.85. The van der Waals surface area contributed by atoms with Gasteiger partial charge >= 0.3 is 0 Å². The van der Waals surface area contributed by atoms with Gasteiger partial charge in [-0.2, -0.15) is 4.98 Å². The molecule has 1 aromatic carbocycles. The highest BCUT2D eigenvalue weighted by Crippen LogP contribution is 2.40. The average Bonchev–Trinajstić information content (AvgIpc) is 3.28. The first-order valence-electron chi connectivity index (χ1n) is 6.87. The van der Waals surface area contributed by atoms with Crippen molar-refractivity contribution in [2.24, 2.45) is 5.84 Å². The molecule has 0 atom stereocenters. The Kier molecular flexibility index (Phi) is 3.69. The van der Waals surface area contributed by atoms with E-state index in [0.29, 0.717) is 22.6 Å². The van der Waals surface area contributed by atoms with Gasteiger partial charge < -0.3 is 10.2 Å². The molecule has 0 amide bonds. The molecule has 1 heterocycles. The highest BCUT2D eigenvalue weighted by Gasteiger charge is 2.28. The fraction of sp³-hybridized carbons (Fsp3) is 0.333. The van der Waals surface area contributed by atoms with Gasteiger partial charge in [0, 0.05) is 10.9 Å². The van der Waals surface area contributed by atoms with Gasteiger partial charge in [0.05, 0.1) is 5.56 Å². The third kappa shape index (κ3) is 2.94. The molecule has 110 valence electrons. The van der Waals surface area contributed by atoms with Gasteiger partial charge in [-0.3, -0.25) is 0 Å². The van der Waals surface area contributed by atoms with Crippen LogP contribution in [0.4, 0.5) is 5.82 Å². The highest BCUT2D eigenvalue weighted by molar-refractivity contribution is 6.30. The summed E-state index contributed by atoms with van der Waals surface area (Å²) in [7, 11) is 0. The number of aryl methyl sites for hydroxylation is 1. The number of halogens is 1. The number of nitrogens with one attached hydrogen (secondary N) is 1. The number of nitrogens with zero attached hydrogens (tertiary/aromatic N) is 2. The quantitative estimate of drug-likeness (QED) is 0.665. The van der Waals surface area contributed by atoms with Gasteiger partial charge in [-0.1, -0.05) is 11.6 Å². The molecule has 0 saturated heterocycles. The summed E-state index contributed by atoms with van der Waals surface area (Å²) in [6.07, 6.45) is 2.24. The fourth-order valence-corrected chi connectivity index (χ4v) is 2.33. The number of benzene rings is 1. The molecule has 3 N–H and O–H groups in total. The van der Waals surface area contributed by atoms with Crippen molar-refractivity contribution >= 4 is 17.4 Å². The lowest BCUT2D eigenvalue weighted by Crippen LogP contribution is -2.13. The molecule has 0 radical (unpaired) electrons. The van der Waals surface area contributed by atoms with E-state index in [2.05, 4.69) is 15.4 Å². The second kappa shape index (κ2) is 5.50. The maximum absolute atomic E-state index is 5.97. The predicted molar refractivity (Wildman–Crippen MR) is 82.8 cm³/mol. The third-order valence-corrected chi connectivity index (χ3v) is 3.78. The van der Waals surface area contributed by atoms with E-state index < -0.39 is 0 Å². The zero-order chi connectivity index (χ0) is 15.0. The highest BCUT2D eigenvalue weighted by atomic mass is 35.5. The largest absolute Gasteiger partial charge is 0.438 e. The molecule has 0 aliphatic heterocycles. The lowest BCUT2D eigenvalue weighted by molar-refractivity contribution is 0.451. The molecule has 0 bridgehead atoms. The normalized spacial score (nSPS) is 14.1. The minimum Gasteiger partial charge on any atom is -0.438 e. The Labute approximate surface area is 128 Å². The van der Waals surface area contributed by atoms with Gasteiger partial charge in [0.1, 0.15) is 11.6 Å². The predicted octanol–water partition coefficient (Wildman–Crippen LogP) is 3.70. The molecule has 2 aromatic rings. The van der Waals surface area contributed by atoms with Gasteiger partial charge in [-0.15, -0.1) is 0 Å². The first kappa shape index (κ1) is 14.1. The van der Waals surface area contributed by atoms with Gasteiger partial charge in [0.2, 0.25) is 5.88 Å². The van der Waals surface area contributed by atoms with Gasteiger partial charge in [0.15, 0.2) is 5.82 Å². The van der Waals surface area contributed by atoms with Crippen molar-refractivity contribution in [3.63, 3.8) is 0 Å². The van der Waals surface area contributed by atoms with Crippen LogP contribution in [-0.4, -0.2) is 9.97 Å². The molecule has 0 spiro atoms. The summed E-state index contributed by atoms with van der Waals surface area (Å²) >= 11 is 5.97. The van der Waals surface area contributed by atoms with Crippen molar-refractivity contribution in [3.8, 4) is 11.6 Å². The standard InChI is InChI=1S/C15H17ClN4O/c1-8-7-11(16)5-6-12(8)21-15-9(2)13(20-17)18-14(19-15)10-3-4-10/h5-7,10H,3-4,17H2,1-2H3,(H,18,19,20). The van der Waals surface area contributed by atoms with Crippen molar-refractivity contribution in [3.05, 3.63) is 40.2 Å². The van der Waals surface area contributed by atoms with Crippen molar-refractivity contribution in [1.82, 2.24) is 9.97 Å². The molecular formula is C15H17ClN4O. The topological polar surface area (TPSA) is 73.1 Å². The Morgan fingerprint density at radius 2 is 2.05 bits per heavy atom. The molecule has 0 unspecified atom stereocenters. The number of anilines is 1. The van der Waals surface area contributed by atoms with E-state index in [1.165, 1.54) is 0 Å². The fourth-order valence-electron chi connectivity index (χ4n) is 2.11. The Bertz CT molecular complexity index is 686. The number of ether oxygens (including phenoxy) is 1. The van der Waals surface area contributed by atoms with E-state index in [1.54, 1.807) is 6.07 Å². The number of nitrogen functional groups attached to an aromatic ring is 1. The molecule has 1 aromatic heterocycles. The zero-order valence-electron chi connectivity index (χ0n) is 12.0. The smallest absolute Gasteiger partial charge is 0.227 e. The van der Waals surface area contributed by atoms with Crippen molar-refractivity contribution < 1.29 is 4.74 Å². The second-order valence-electron chi connectivity index (χ2n) is 5.29. The summed E-state index contributed by atoms with van der Waals surface area (Å²) in [5.41, 5.74) is 4.36. The van der Waals surface area contributed by atoms with Crippen LogP contribution < -0.4 is 16.0 Å². The molecule has 21 heavy (non-hydrogen) atoms. The van der Waals surface area contributed by atoms with Crippen LogP contribution in [-0.2, 0) is 0 Å². The molecule has 1 aliphatic carbocycles. The van der Waals surface area contributed by atoms with Crippen LogP contribution in [0.5, 0.6) is 11.6 Å². The lowest BCUT2D eigenvalue weighted by atomic mass is 10.2. The van der Waals surface area contributed by atoms with Crippen LogP contribution in [0.15, 0.2) is 18.2 Å². The summed E-state index contributed by atoms with van der Waals surface area (Å²) in [5.74, 6) is 8.61. The van der Waals surface area contributed by atoms with Crippen molar-refractivity contribution in [2.45, 2.75) is 32.6 Å². The maximum Gasteiger partial charge on any atom is 0.227 e. The molecule has 3 rings (SSSR count). The zero-order valence-corrected chi connectivity index (χ0v) is 12.7. The SMILES string of the molecule is Cc1cc(Cl)ccc1Oc1nc(C2CC2)nc(NN)c1C. The van der Waals surface area contributed by atoms with Crippen molar-refractivity contribution in [2.75, 3.05) is 5.43 Å². The van der Waals surface area contributed by atoms with E-state index >= 15 is 0 Å². The monoisotopic (exact) mass is 304 g/mol. The summed E-state index contributed by atoms with van der Waals surface area (Å²) < 4.78 is 5.95. The number of aromatic nitrogens is 2. The summed E-state index contributed by atoms with van der Waals surface area (Å²) in [6.45, 7) is 3.83. The minimum absolute atomic E-state index is 0.423. The lowest BCUT2D eigenvalue weighted by Gasteiger charge is -2.14. The molecular weight excluding hydrogens is 288 g/mol. The van der Waals surface area contributed by atoms with Gasteiger partial charge in [-0.25, -0.2) is 10.8 Å². The van der Waals surface area contributed by atoms with Crippen LogP contribution >= 0.6 is 11.6 Å². The summed E-state index contributed by atoms with van der Waals surface area (Å²) in [5, 5.41) is 0.683. The van der Waals surface area contributed by atoms with Crippen LogP contribution in [0.1, 0.15) is 35.7 Å². The Morgan fingerprint density at radius 1 is 1.29 bits per heavy atom. The van der Waals surface area contributed by atoms with E-state index in [0.717, 1.165) is 35.5 Å². The number of rotatable bonds is 4. The molecule has 1 saturated carbocycles. The van der Waals surface area contributed by atoms with Crippen molar-refractivity contribution in [1.29, 1.82) is 0 Å². The summed E-state index contributed by atoms with van der Waals surface area (Å²) in [4.78, 5) is 8.98. The Morgan fingerprint density at radius 3 is 2.67 bits per heavy atom. The van der Waals surface area contributed by atoms with Crippen LogP contribution in [0.25, 0.3) is 0 Å². The molecule has 6 heteroatoms. The summed E-state index contributed by atoms with van der Waals surface area (Å²) in [6, 6.07) is 5.49. The van der Waals surface area contributed by atoms with E-state index in [9.17, 15) is 0 Å². The van der Waals surface area contributed by atoms with Crippen LogP contribution in [0.3, 0.4) is 0 Å². The third-order valence-electron chi connectivity index (χ3n) is 3.54. The average molecular weight is 305 g/mol. The molecule has 1 aliphatic rings. The number of hydrazine groups is 1. The number of hydrogen-bond acceptors (Lipinski definition) is 5. The number of nitrogens with two attached hydrogens (primary N) is 1. The molecule has 5 nitrogen and oxygen atoms in total. The Balaban J connectivity index is 1.98. The van der Waals surface area contributed by atoms with Crippen LogP contribution in [0, 0.1) is 13.8 Å². The van der Waals surface area contributed by atoms with E-state index in [4.69, 9.17) is 22.2 Å².